The molecule has 1 aromatic carbocycles. The van der Waals surface area contributed by atoms with Crippen molar-refractivity contribution in [2.75, 3.05) is 20.1 Å². The lowest BCUT2D eigenvalue weighted by atomic mass is 10.1. The highest BCUT2D eigenvalue weighted by molar-refractivity contribution is 9.10. The number of likely N-dealkylation sites (tertiary alicyclic amines) is 1. The van der Waals surface area contributed by atoms with E-state index in [2.05, 4.69) is 64.5 Å². The average Bonchev–Trinajstić information content (AvgIpc) is 2.96. The summed E-state index contributed by atoms with van der Waals surface area (Å²) in [5.74, 6) is 1.54. The van der Waals surface area contributed by atoms with Crippen LogP contribution in [0.1, 0.15) is 29.9 Å². The van der Waals surface area contributed by atoms with Gasteiger partial charge in [0.2, 0.25) is 5.95 Å². The third kappa shape index (κ3) is 3.60. The monoisotopic (exact) mass is 428 g/mol. The van der Waals surface area contributed by atoms with E-state index in [4.69, 9.17) is 14.7 Å². The number of benzene rings is 1. The maximum absolute atomic E-state index is 6.43. The van der Waals surface area contributed by atoms with Crippen LogP contribution < -0.4 is 4.74 Å². The van der Waals surface area contributed by atoms with Crippen LogP contribution in [0.4, 0.5) is 0 Å². The number of hydrogen-bond acceptors (Lipinski definition) is 4. The molecular formula is C21H25BrN4O. The van der Waals surface area contributed by atoms with E-state index in [0.717, 1.165) is 64.1 Å². The lowest BCUT2D eigenvalue weighted by molar-refractivity contribution is 0.115. The molecule has 0 radical (unpaired) electrons. The van der Waals surface area contributed by atoms with Crippen LogP contribution in [-0.2, 0) is 0 Å². The Hall–Kier alpha value is -1.92. The Bertz CT molecular complexity index is 970. The van der Waals surface area contributed by atoms with Gasteiger partial charge >= 0.3 is 0 Å². The van der Waals surface area contributed by atoms with Crippen molar-refractivity contribution in [1.82, 2.24) is 19.4 Å². The second-order valence-electron chi connectivity index (χ2n) is 7.48. The molecule has 3 heterocycles. The fraction of sp³-hybridized carbons (Fsp3) is 0.429. The number of ether oxygens (including phenoxy) is 1. The van der Waals surface area contributed by atoms with Crippen molar-refractivity contribution >= 4 is 26.8 Å². The summed E-state index contributed by atoms with van der Waals surface area (Å²) in [4.78, 5) is 12.0. The second-order valence-corrected chi connectivity index (χ2v) is 8.40. The van der Waals surface area contributed by atoms with Gasteiger partial charge in [-0.25, -0.2) is 9.97 Å². The summed E-state index contributed by atoms with van der Waals surface area (Å²) in [6, 6.07) is 8.29. The Morgan fingerprint density at radius 3 is 2.37 bits per heavy atom. The van der Waals surface area contributed by atoms with Gasteiger partial charge in [-0.15, -0.1) is 0 Å². The molecule has 1 saturated heterocycles. The van der Waals surface area contributed by atoms with Crippen molar-refractivity contribution in [1.29, 1.82) is 0 Å². The zero-order valence-electron chi connectivity index (χ0n) is 16.3. The van der Waals surface area contributed by atoms with E-state index >= 15 is 0 Å². The van der Waals surface area contributed by atoms with Crippen LogP contribution in [0.15, 0.2) is 28.7 Å². The van der Waals surface area contributed by atoms with Crippen molar-refractivity contribution < 1.29 is 4.74 Å². The van der Waals surface area contributed by atoms with E-state index in [9.17, 15) is 0 Å². The number of hydrogen-bond donors (Lipinski definition) is 0. The summed E-state index contributed by atoms with van der Waals surface area (Å²) in [5.41, 5.74) is 4.09. The first-order chi connectivity index (χ1) is 12.9. The van der Waals surface area contributed by atoms with Crippen molar-refractivity contribution in [3.05, 3.63) is 45.8 Å². The topological polar surface area (TPSA) is 43.2 Å². The molecule has 0 bridgehead atoms. The fourth-order valence-electron chi connectivity index (χ4n) is 3.76. The van der Waals surface area contributed by atoms with Gasteiger partial charge in [0.05, 0.1) is 5.69 Å². The van der Waals surface area contributed by atoms with Gasteiger partial charge in [0, 0.05) is 34.3 Å². The van der Waals surface area contributed by atoms with Crippen LogP contribution in [0.2, 0.25) is 0 Å². The van der Waals surface area contributed by atoms with Crippen molar-refractivity contribution in [3.63, 3.8) is 0 Å². The van der Waals surface area contributed by atoms with Gasteiger partial charge in [-0.05, 0) is 64.9 Å². The zero-order valence-corrected chi connectivity index (χ0v) is 17.9. The first kappa shape index (κ1) is 18.4. The minimum absolute atomic E-state index is 0.229. The fourth-order valence-corrected chi connectivity index (χ4v) is 4.19. The minimum Gasteiger partial charge on any atom is -0.488 e. The predicted octanol–water partition coefficient (Wildman–Crippen LogP) is 4.58. The molecule has 0 aliphatic carbocycles. The quantitative estimate of drug-likeness (QED) is 0.611. The lowest BCUT2D eigenvalue weighted by Gasteiger charge is -2.29. The Labute approximate surface area is 168 Å². The van der Waals surface area contributed by atoms with Gasteiger partial charge in [-0.2, -0.15) is 0 Å². The number of rotatable bonds is 3. The Kier molecular flexibility index (Phi) is 4.95. The second kappa shape index (κ2) is 7.24. The standard InChI is InChI=1S/C21H25BrN4O/c1-13-5-6-14(2)26(13)21-23-15(3)18-11-16(22)12-19(20(18)24-21)27-17-7-9-25(4)10-8-17/h5-6,11-12,17H,7-10H2,1-4H3. The first-order valence-electron chi connectivity index (χ1n) is 9.41. The summed E-state index contributed by atoms with van der Waals surface area (Å²) in [6.07, 6.45) is 2.31. The Morgan fingerprint density at radius 1 is 1.04 bits per heavy atom. The van der Waals surface area contributed by atoms with Crippen LogP contribution in [0.5, 0.6) is 5.75 Å². The van der Waals surface area contributed by atoms with E-state index in [-0.39, 0.29) is 6.10 Å². The van der Waals surface area contributed by atoms with Crippen LogP contribution in [0.25, 0.3) is 16.9 Å². The Balaban J connectivity index is 1.81. The molecule has 3 aromatic rings. The third-order valence-electron chi connectivity index (χ3n) is 5.34. The van der Waals surface area contributed by atoms with Crippen molar-refractivity contribution in [3.8, 4) is 11.7 Å². The van der Waals surface area contributed by atoms with Crippen molar-refractivity contribution in [2.45, 2.75) is 39.7 Å². The summed E-state index contributed by atoms with van der Waals surface area (Å²) >= 11 is 3.62. The summed E-state index contributed by atoms with van der Waals surface area (Å²) < 4.78 is 9.51. The number of halogens is 1. The minimum atomic E-state index is 0.229. The highest BCUT2D eigenvalue weighted by Gasteiger charge is 2.21. The molecule has 0 amide bonds. The van der Waals surface area contributed by atoms with Gasteiger partial charge in [0.1, 0.15) is 17.4 Å². The average molecular weight is 429 g/mol. The maximum atomic E-state index is 6.43. The molecule has 1 aliphatic rings. The van der Waals surface area contributed by atoms with Gasteiger partial charge in [0.15, 0.2) is 0 Å². The van der Waals surface area contributed by atoms with E-state index in [1.54, 1.807) is 0 Å². The van der Waals surface area contributed by atoms with Gasteiger partial charge < -0.3 is 9.64 Å². The number of aryl methyl sites for hydroxylation is 3. The van der Waals surface area contributed by atoms with Gasteiger partial charge in [0.25, 0.3) is 0 Å². The summed E-state index contributed by atoms with van der Waals surface area (Å²) in [6.45, 7) is 8.32. The first-order valence-corrected chi connectivity index (χ1v) is 10.2. The van der Waals surface area contributed by atoms with E-state index in [1.165, 1.54) is 0 Å². The van der Waals surface area contributed by atoms with E-state index < -0.39 is 0 Å². The number of aromatic nitrogens is 3. The van der Waals surface area contributed by atoms with E-state index in [0.29, 0.717) is 5.95 Å². The molecule has 0 saturated carbocycles. The molecule has 1 aliphatic heterocycles. The van der Waals surface area contributed by atoms with Gasteiger partial charge in [-0.3, -0.25) is 4.57 Å². The molecule has 0 N–H and O–H groups in total. The predicted molar refractivity (Wildman–Crippen MR) is 112 cm³/mol. The molecule has 4 rings (SSSR count). The smallest absolute Gasteiger partial charge is 0.235 e. The number of fused-ring (bicyclic) bond motifs is 1. The molecule has 142 valence electrons. The van der Waals surface area contributed by atoms with Gasteiger partial charge in [-0.1, -0.05) is 15.9 Å². The van der Waals surface area contributed by atoms with Crippen LogP contribution >= 0.6 is 15.9 Å². The molecule has 5 nitrogen and oxygen atoms in total. The normalized spacial score (nSPS) is 16.2. The highest BCUT2D eigenvalue weighted by Crippen LogP contribution is 2.33. The molecule has 1 fully saturated rings. The Morgan fingerprint density at radius 2 is 1.70 bits per heavy atom. The number of nitrogens with zero attached hydrogens (tertiary/aromatic N) is 4. The SMILES string of the molecule is Cc1nc(-n2c(C)ccc2C)nc2c(OC3CCN(C)CC3)cc(Br)cc12. The highest BCUT2D eigenvalue weighted by atomic mass is 79.9. The van der Waals surface area contributed by atoms with Crippen LogP contribution in [0.3, 0.4) is 0 Å². The maximum Gasteiger partial charge on any atom is 0.235 e. The molecule has 0 atom stereocenters. The third-order valence-corrected chi connectivity index (χ3v) is 5.80. The van der Waals surface area contributed by atoms with Crippen LogP contribution in [0, 0.1) is 20.8 Å². The molecule has 2 aromatic heterocycles. The van der Waals surface area contributed by atoms with E-state index in [1.807, 2.05) is 13.0 Å². The van der Waals surface area contributed by atoms with Crippen LogP contribution in [-0.4, -0.2) is 45.7 Å². The molecule has 27 heavy (non-hydrogen) atoms. The number of piperidine rings is 1. The molecule has 6 heteroatoms. The summed E-state index contributed by atoms with van der Waals surface area (Å²) in [5, 5.41) is 1.03. The largest absolute Gasteiger partial charge is 0.488 e. The molecule has 0 unspecified atom stereocenters. The lowest BCUT2D eigenvalue weighted by Crippen LogP contribution is -2.35. The molecular weight excluding hydrogens is 404 g/mol. The molecule has 0 spiro atoms. The summed E-state index contributed by atoms with van der Waals surface area (Å²) in [7, 11) is 2.16. The zero-order chi connectivity index (χ0) is 19.1. The van der Waals surface area contributed by atoms with Crippen molar-refractivity contribution in [2.24, 2.45) is 0 Å².